The number of thioether (sulfide) groups is 1. The summed E-state index contributed by atoms with van der Waals surface area (Å²) in [4.78, 5) is 18.3. The summed E-state index contributed by atoms with van der Waals surface area (Å²) in [6.45, 7) is 6.57. The number of hydrogen-bond acceptors (Lipinski definition) is 4. The molecule has 5 heteroatoms. The molecule has 1 amide bonds. The molecule has 1 aromatic rings. The Kier molecular flexibility index (Phi) is 4.73. The van der Waals surface area contributed by atoms with Crippen LogP contribution in [-0.4, -0.2) is 45.5 Å². The Hall–Kier alpha value is -1.07. The van der Waals surface area contributed by atoms with Crippen molar-refractivity contribution in [1.82, 2.24) is 9.88 Å². The third-order valence-electron chi connectivity index (χ3n) is 4.26. The first-order chi connectivity index (χ1) is 10.6. The predicted octanol–water partition coefficient (Wildman–Crippen LogP) is 2.73. The molecule has 0 aliphatic carbocycles. The van der Waals surface area contributed by atoms with Crippen LogP contribution in [0.5, 0.6) is 0 Å². The van der Waals surface area contributed by atoms with Crippen molar-refractivity contribution in [3.8, 4) is 0 Å². The largest absolute Gasteiger partial charge is 0.371 e. The van der Waals surface area contributed by atoms with Crippen LogP contribution in [0.3, 0.4) is 0 Å². The summed E-state index contributed by atoms with van der Waals surface area (Å²) in [5.74, 6) is 1.77. The van der Waals surface area contributed by atoms with Gasteiger partial charge in [-0.05, 0) is 24.5 Å². The zero-order valence-electron chi connectivity index (χ0n) is 13.3. The summed E-state index contributed by atoms with van der Waals surface area (Å²) >= 11 is 1.98. The van der Waals surface area contributed by atoms with Crippen molar-refractivity contribution in [2.45, 2.75) is 44.1 Å². The van der Waals surface area contributed by atoms with E-state index in [1.807, 2.05) is 34.9 Å². The van der Waals surface area contributed by atoms with Crippen LogP contribution in [0.15, 0.2) is 24.4 Å². The summed E-state index contributed by atoms with van der Waals surface area (Å²) in [5, 5.41) is 0. The molecule has 2 saturated heterocycles. The molecule has 0 N–H and O–H groups in total. The van der Waals surface area contributed by atoms with Crippen molar-refractivity contribution in [3.63, 3.8) is 0 Å². The van der Waals surface area contributed by atoms with Crippen LogP contribution < -0.4 is 0 Å². The molecule has 4 nitrogen and oxygen atoms in total. The monoisotopic (exact) mass is 320 g/mol. The highest BCUT2D eigenvalue weighted by Crippen LogP contribution is 2.46. The van der Waals surface area contributed by atoms with E-state index >= 15 is 0 Å². The molecule has 2 aliphatic rings. The molecule has 0 saturated carbocycles. The van der Waals surface area contributed by atoms with Crippen molar-refractivity contribution in [2.75, 3.05) is 18.8 Å². The van der Waals surface area contributed by atoms with Gasteiger partial charge in [0.15, 0.2) is 0 Å². The van der Waals surface area contributed by atoms with E-state index in [0.29, 0.717) is 24.9 Å². The zero-order valence-corrected chi connectivity index (χ0v) is 14.1. The number of hydrogen-bond donors (Lipinski definition) is 0. The first-order valence-electron chi connectivity index (χ1n) is 8.00. The van der Waals surface area contributed by atoms with Gasteiger partial charge in [-0.15, -0.1) is 11.8 Å². The third-order valence-corrected chi connectivity index (χ3v) is 5.84. The second kappa shape index (κ2) is 6.59. The fraction of sp³-hybridized carbons (Fsp3) is 0.647. The average Bonchev–Trinajstić information content (AvgIpc) is 2.88. The third kappa shape index (κ3) is 3.63. The normalized spacial score (nSPS) is 23.0. The SMILES string of the molecule is CC(C)CC(=O)N1CC2(C[C@H](OCc3ccccn3)CS2)C1. The molecule has 1 aromatic heterocycles. The van der Waals surface area contributed by atoms with E-state index in [-0.39, 0.29) is 10.9 Å². The standard InChI is InChI=1S/C17H24N2O2S/c1-13(2)7-16(20)19-11-17(12-19)8-15(10-22-17)21-9-14-5-3-4-6-18-14/h3-6,13,15H,7-12H2,1-2H3/t15-/m0/s1. The van der Waals surface area contributed by atoms with Gasteiger partial charge in [0.05, 0.1) is 23.2 Å². The van der Waals surface area contributed by atoms with E-state index in [9.17, 15) is 4.79 Å². The minimum atomic E-state index is 0.251. The first-order valence-corrected chi connectivity index (χ1v) is 8.98. The summed E-state index contributed by atoms with van der Waals surface area (Å²) in [7, 11) is 0. The van der Waals surface area contributed by atoms with Gasteiger partial charge in [0.2, 0.25) is 5.91 Å². The number of aromatic nitrogens is 1. The van der Waals surface area contributed by atoms with E-state index in [4.69, 9.17) is 4.74 Å². The van der Waals surface area contributed by atoms with Gasteiger partial charge in [0.1, 0.15) is 0 Å². The number of rotatable bonds is 5. The Balaban J connectivity index is 1.43. The molecule has 3 heterocycles. The van der Waals surface area contributed by atoms with Crippen molar-refractivity contribution in [2.24, 2.45) is 5.92 Å². The Labute approximate surface area is 136 Å². The van der Waals surface area contributed by atoms with Crippen LogP contribution in [-0.2, 0) is 16.1 Å². The highest BCUT2D eigenvalue weighted by atomic mass is 32.2. The topological polar surface area (TPSA) is 42.4 Å². The molecule has 3 rings (SSSR count). The minimum absolute atomic E-state index is 0.251. The van der Waals surface area contributed by atoms with E-state index in [1.54, 1.807) is 6.20 Å². The van der Waals surface area contributed by atoms with Gasteiger partial charge >= 0.3 is 0 Å². The van der Waals surface area contributed by atoms with Crippen LogP contribution in [0.25, 0.3) is 0 Å². The van der Waals surface area contributed by atoms with Crippen molar-refractivity contribution >= 4 is 17.7 Å². The number of likely N-dealkylation sites (tertiary alicyclic amines) is 1. The van der Waals surface area contributed by atoms with Crippen LogP contribution in [0.2, 0.25) is 0 Å². The Morgan fingerprint density at radius 3 is 3.00 bits per heavy atom. The molecule has 1 spiro atoms. The van der Waals surface area contributed by atoms with Gasteiger partial charge < -0.3 is 9.64 Å². The second-order valence-corrected chi connectivity index (χ2v) is 8.29. The predicted molar refractivity (Wildman–Crippen MR) is 88.7 cm³/mol. The lowest BCUT2D eigenvalue weighted by molar-refractivity contribution is -0.137. The summed E-state index contributed by atoms with van der Waals surface area (Å²) in [6, 6.07) is 5.90. The van der Waals surface area contributed by atoms with Crippen molar-refractivity contribution < 1.29 is 9.53 Å². The molecule has 0 unspecified atom stereocenters. The maximum Gasteiger partial charge on any atom is 0.222 e. The molecule has 22 heavy (non-hydrogen) atoms. The van der Waals surface area contributed by atoms with Gasteiger partial charge in [-0.25, -0.2) is 0 Å². The molecule has 1 atom stereocenters. The average molecular weight is 320 g/mol. The lowest BCUT2D eigenvalue weighted by atomic mass is 9.92. The second-order valence-electron chi connectivity index (χ2n) is 6.80. The number of ether oxygens (including phenoxy) is 1. The summed E-state index contributed by atoms with van der Waals surface area (Å²) in [5.41, 5.74) is 0.982. The van der Waals surface area contributed by atoms with Crippen LogP contribution in [0.4, 0.5) is 0 Å². The highest BCUT2D eigenvalue weighted by molar-refractivity contribution is 8.01. The molecule has 0 bridgehead atoms. The quantitative estimate of drug-likeness (QED) is 0.836. The molecule has 0 aromatic carbocycles. The molecular weight excluding hydrogens is 296 g/mol. The van der Waals surface area contributed by atoms with Gasteiger partial charge in [0.25, 0.3) is 0 Å². The number of carbonyl (C=O) groups excluding carboxylic acids is 1. The summed E-state index contributed by atoms with van der Waals surface area (Å²) in [6.07, 6.45) is 3.80. The van der Waals surface area contributed by atoms with E-state index in [0.717, 1.165) is 31.0 Å². The first kappa shape index (κ1) is 15.8. The van der Waals surface area contributed by atoms with Crippen molar-refractivity contribution in [1.29, 1.82) is 0 Å². The molecular formula is C17H24N2O2S. The fourth-order valence-electron chi connectivity index (χ4n) is 3.12. The minimum Gasteiger partial charge on any atom is -0.371 e. The zero-order chi connectivity index (χ0) is 15.6. The fourth-order valence-corrected chi connectivity index (χ4v) is 4.67. The van der Waals surface area contributed by atoms with E-state index < -0.39 is 0 Å². The van der Waals surface area contributed by atoms with E-state index in [1.165, 1.54) is 0 Å². The Morgan fingerprint density at radius 2 is 2.32 bits per heavy atom. The lowest BCUT2D eigenvalue weighted by Gasteiger charge is -2.47. The lowest BCUT2D eigenvalue weighted by Crippen LogP contribution is -2.60. The maximum atomic E-state index is 12.0. The van der Waals surface area contributed by atoms with Crippen molar-refractivity contribution in [3.05, 3.63) is 30.1 Å². The Morgan fingerprint density at radius 1 is 1.50 bits per heavy atom. The van der Waals surface area contributed by atoms with Gasteiger partial charge in [-0.2, -0.15) is 0 Å². The molecule has 120 valence electrons. The summed E-state index contributed by atoms with van der Waals surface area (Å²) < 4.78 is 6.25. The van der Waals surface area contributed by atoms with E-state index in [2.05, 4.69) is 18.8 Å². The van der Waals surface area contributed by atoms with Crippen LogP contribution in [0.1, 0.15) is 32.4 Å². The van der Waals surface area contributed by atoms with Gasteiger partial charge in [-0.3, -0.25) is 9.78 Å². The number of carbonyl (C=O) groups is 1. The van der Waals surface area contributed by atoms with Gasteiger partial charge in [0, 0.05) is 31.5 Å². The number of amides is 1. The highest BCUT2D eigenvalue weighted by Gasteiger charge is 2.50. The molecule has 2 fully saturated rings. The van der Waals surface area contributed by atoms with Gasteiger partial charge in [-0.1, -0.05) is 19.9 Å². The Bertz CT molecular complexity index is 515. The molecule has 0 radical (unpaired) electrons. The maximum absolute atomic E-state index is 12.0. The van der Waals surface area contributed by atoms with Crippen LogP contribution >= 0.6 is 11.8 Å². The van der Waals surface area contributed by atoms with Crippen LogP contribution in [0, 0.1) is 5.92 Å². The smallest absolute Gasteiger partial charge is 0.222 e. The number of nitrogens with zero attached hydrogens (tertiary/aromatic N) is 2. The molecule has 2 aliphatic heterocycles. The number of pyridine rings is 1.